The highest BCUT2D eigenvalue weighted by atomic mass is 16.5. The lowest BCUT2D eigenvalue weighted by atomic mass is 10.0. The van der Waals surface area contributed by atoms with Crippen LogP contribution in [0.2, 0.25) is 0 Å². The smallest absolute Gasteiger partial charge is 0.126 e. The molecule has 1 atom stereocenters. The van der Waals surface area contributed by atoms with Crippen molar-refractivity contribution in [2.75, 3.05) is 12.4 Å². The fraction of sp³-hybridized carbons (Fsp3) is 0.571. The number of ether oxygens (including phenoxy) is 1. The maximum Gasteiger partial charge on any atom is 0.126 e. The number of nitrogens with one attached hydrogen (secondary N) is 1. The van der Waals surface area contributed by atoms with E-state index in [1.165, 1.54) is 16.8 Å². The lowest BCUT2D eigenvalue weighted by molar-refractivity contribution is 0.408. The van der Waals surface area contributed by atoms with Crippen LogP contribution in [0.15, 0.2) is 12.1 Å². The summed E-state index contributed by atoms with van der Waals surface area (Å²) in [4.78, 5) is 0. The zero-order chi connectivity index (χ0) is 12.3. The van der Waals surface area contributed by atoms with Crippen molar-refractivity contribution in [2.45, 2.75) is 40.7 Å². The lowest BCUT2D eigenvalue weighted by Crippen LogP contribution is -2.22. The molecule has 0 aliphatic carbocycles. The second kappa shape index (κ2) is 5.24. The molecule has 0 aliphatic heterocycles. The molecule has 0 spiro atoms. The van der Waals surface area contributed by atoms with Crippen molar-refractivity contribution in [3.63, 3.8) is 0 Å². The minimum atomic E-state index is 0.464. The van der Waals surface area contributed by atoms with Gasteiger partial charge in [-0.15, -0.1) is 0 Å². The van der Waals surface area contributed by atoms with Crippen LogP contribution in [-0.2, 0) is 0 Å². The van der Waals surface area contributed by atoms with Gasteiger partial charge in [-0.25, -0.2) is 0 Å². The molecular weight excluding hydrogens is 198 g/mol. The van der Waals surface area contributed by atoms with E-state index in [1.807, 2.05) is 0 Å². The molecule has 90 valence electrons. The van der Waals surface area contributed by atoms with Crippen LogP contribution in [0, 0.1) is 19.8 Å². The molecule has 1 aromatic rings. The van der Waals surface area contributed by atoms with E-state index in [9.17, 15) is 0 Å². The van der Waals surface area contributed by atoms with E-state index >= 15 is 0 Å². The summed E-state index contributed by atoms with van der Waals surface area (Å²) in [7, 11) is 1.73. The second-order valence-electron chi connectivity index (χ2n) is 4.77. The van der Waals surface area contributed by atoms with Gasteiger partial charge in [0.1, 0.15) is 5.75 Å². The molecule has 0 bridgehead atoms. The minimum absolute atomic E-state index is 0.464. The summed E-state index contributed by atoms with van der Waals surface area (Å²) in [6.07, 6.45) is 0. The molecule has 1 unspecified atom stereocenters. The van der Waals surface area contributed by atoms with Gasteiger partial charge in [0.05, 0.1) is 7.11 Å². The number of hydrogen-bond acceptors (Lipinski definition) is 2. The summed E-state index contributed by atoms with van der Waals surface area (Å²) >= 11 is 0. The Balaban J connectivity index is 2.98. The number of rotatable bonds is 4. The molecule has 1 N–H and O–H groups in total. The van der Waals surface area contributed by atoms with Gasteiger partial charge in [0.25, 0.3) is 0 Å². The van der Waals surface area contributed by atoms with Crippen molar-refractivity contribution in [3.05, 3.63) is 23.3 Å². The highest BCUT2D eigenvalue weighted by Crippen LogP contribution is 2.29. The summed E-state index contributed by atoms with van der Waals surface area (Å²) in [5.74, 6) is 1.60. The van der Waals surface area contributed by atoms with Gasteiger partial charge >= 0.3 is 0 Å². The summed E-state index contributed by atoms with van der Waals surface area (Å²) in [6.45, 7) is 10.8. The Morgan fingerprint density at radius 2 is 1.75 bits per heavy atom. The molecule has 0 radical (unpaired) electrons. The Labute approximate surface area is 99.0 Å². The first-order valence-electron chi connectivity index (χ1n) is 5.88. The fourth-order valence-corrected chi connectivity index (χ4v) is 1.71. The first-order valence-corrected chi connectivity index (χ1v) is 5.88. The van der Waals surface area contributed by atoms with Crippen molar-refractivity contribution in [3.8, 4) is 5.75 Å². The average molecular weight is 221 g/mol. The number of aryl methyl sites for hydroxylation is 1. The highest BCUT2D eigenvalue weighted by molar-refractivity contribution is 5.60. The maximum absolute atomic E-state index is 5.42. The van der Waals surface area contributed by atoms with Crippen molar-refractivity contribution in [1.29, 1.82) is 0 Å². The molecule has 0 fully saturated rings. The topological polar surface area (TPSA) is 21.3 Å². The molecule has 0 aromatic heterocycles. The first-order chi connectivity index (χ1) is 7.47. The van der Waals surface area contributed by atoms with Crippen LogP contribution < -0.4 is 10.1 Å². The quantitative estimate of drug-likeness (QED) is 0.835. The van der Waals surface area contributed by atoms with Crippen LogP contribution in [0.4, 0.5) is 5.69 Å². The Morgan fingerprint density at radius 3 is 2.25 bits per heavy atom. The van der Waals surface area contributed by atoms with E-state index in [0.717, 1.165) is 5.75 Å². The Hall–Kier alpha value is -1.18. The molecule has 2 heteroatoms. The normalized spacial score (nSPS) is 12.7. The lowest BCUT2D eigenvalue weighted by Gasteiger charge is -2.21. The predicted octanol–water partition coefficient (Wildman–Crippen LogP) is 3.77. The van der Waals surface area contributed by atoms with Crippen LogP contribution in [0.25, 0.3) is 0 Å². The SMILES string of the molecule is COc1c(C)ccc(NC(C)C(C)C)c1C. The zero-order valence-electron chi connectivity index (χ0n) is 11.2. The van der Waals surface area contributed by atoms with Gasteiger partial charge in [-0.2, -0.15) is 0 Å². The minimum Gasteiger partial charge on any atom is -0.496 e. The summed E-state index contributed by atoms with van der Waals surface area (Å²) < 4.78 is 5.42. The van der Waals surface area contributed by atoms with Gasteiger partial charge in [0, 0.05) is 17.3 Å². The molecule has 0 saturated carbocycles. The van der Waals surface area contributed by atoms with E-state index in [2.05, 4.69) is 52.1 Å². The first kappa shape index (κ1) is 12.9. The van der Waals surface area contributed by atoms with Gasteiger partial charge in [-0.3, -0.25) is 0 Å². The monoisotopic (exact) mass is 221 g/mol. The molecular formula is C14H23NO. The standard InChI is InChI=1S/C14H23NO/c1-9(2)12(5)15-13-8-7-10(3)14(16-6)11(13)4/h7-9,12,15H,1-6H3. The Bertz CT molecular complexity index is 358. The maximum atomic E-state index is 5.42. The summed E-state index contributed by atoms with van der Waals surface area (Å²) in [5, 5.41) is 3.53. The molecule has 1 aromatic carbocycles. The Morgan fingerprint density at radius 1 is 1.12 bits per heavy atom. The molecule has 0 aliphatic rings. The zero-order valence-corrected chi connectivity index (χ0v) is 11.2. The number of methoxy groups -OCH3 is 1. The van der Waals surface area contributed by atoms with Gasteiger partial charge in [-0.05, 0) is 38.3 Å². The van der Waals surface area contributed by atoms with Crippen molar-refractivity contribution in [2.24, 2.45) is 5.92 Å². The molecule has 0 amide bonds. The third kappa shape index (κ3) is 2.69. The molecule has 0 heterocycles. The van der Waals surface area contributed by atoms with Crippen LogP contribution in [-0.4, -0.2) is 13.2 Å². The Kier molecular flexibility index (Phi) is 4.22. The van der Waals surface area contributed by atoms with Crippen molar-refractivity contribution >= 4 is 5.69 Å². The van der Waals surface area contributed by atoms with Crippen molar-refractivity contribution in [1.82, 2.24) is 0 Å². The van der Waals surface area contributed by atoms with Crippen LogP contribution in [0.5, 0.6) is 5.75 Å². The summed E-state index contributed by atoms with van der Waals surface area (Å²) in [5.41, 5.74) is 3.54. The van der Waals surface area contributed by atoms with Crippen LogP contribution in [0.1, 0.15) is 31.9 Å². The van der Waals surface area contributed by atoms with Crippen LogP contribution in [0.3, 0.4) is 0 Å². The van der Waals surface area contributed by atoms with Gasteiger partial charge in [0.15, 0.2) is 0 Å². The molecule has 1 rings (SSSR count). The molecule has 2 nitrogen and oxygen atoms in total. The highest BCUT2D eigenvalue weighted by Gasteiger charge is 2.11. The largest absolute Gasteiger partial charge is 0.496 e. The van der Waals surface area contributed by atoms with Crippen LogP contribution >= 0.6 is 0 Å². The van der Waals surface area contributed by atoms with E-state index in [1.54, 1.807) is 7.11 Å². The van der Waals surface area contributed by atoms with E-state index in [0.29, 0.717) is 12.0 Å². The third-order valence-electron chi connectivity index (χ3n) is 3.19. The predicted molar refractivity (Wildman–Crippen MR) is 70.4 cm³/mol. The fourth-order valence-electron chi connectivity index (χ4n) is 1.71. The average Bonchev–Trinajstić information content (AvgIpc) is 2.22. The molecule has 0 saturated heterocycles. The van der Waals surface area contributed by atoms with E-state index in [4.69, 9.17) is 4.74 Å². The van der Waals surface area contributed by atoms with Crippen molar-refractivity contribution < 1.29 is 4.74 Å². The number of hydrogen-bond donors (Lipinski definition) is 1. The van der Waals surface area contributed by atoms with E-state index < -0.39 is 0 Å². The number of benzene rings is 1. The number of anilines is 1. The van der Waals surface area contributed by atoms with Gasteiger partial charge in [0.2, 0.25) is 0 Å². The van der Waals surface area contributed by atoms with Gasteiger partial charge < -0.3 is 10.1 Å². The van der Waals surface area contributed by atoms with E-state index in [-0.39, 0.29) is 0 Å². The van der Waals surface area contributed by atoms with Gasteiger partial charge in [-0.1, -0.05) is 19.9 Å². The second-order valence-corrected chi connectivity index (χ2v) is 4.77. The third-order valence-corrected chi connectivity index (χ3v) is 3.19. The molecule has 16 heavy (non-hydrogen) atoms. The summed E-state index contributed by atoms with van der Waals surface area (Å²) in [6, 6.07) is 4.69.